The Kier molecular flexibility index (Phi) is 8.26. The lowest BCUT2D eigenvalue weighted by Crippen LogP contribution is -2.44. The second kappa shape index (κ2) is 8.54. The summed E-state index contributed by atoms with van der Waals surface area (Å²) >= 11 is 0. The Morgan fingerprint density at radius 3 is 2.24 bits per heavy atom. The van der Waals surface area contributed by atoms with Gasteiger partial charge in [0.05, 0.1) is 6.04 Å². The van der Waals surface area contributed by atoms with Crippen molar-refractivity contribution in [3.8, 4) is 0 Å². The van der Waals surface area contributed by atoms with Crippen LogP contribution in [0.1, 0.15) is 11.6 Å². The molecule has 1 N–H and O–H groups in total. The lowest BCUT2D eigenvalue weighted by molar-refractivity contribution is 0.203. The maximum atomic E-state index is 3.95. The van der Waals surface area contributed by atoms with Gasteiger partial charge in [-0.3, -0.25) is 4.90 Å². The molecule has 4 heteroatoms. The summed E-state index contributed by atoms with van der Waals surface area (Å²) < 4.78 is 0. The van der Waals surface area contributed by atoms with E-state index in [0.717, 1.165) is 26.2 Å². The molecule has 17 heavy (non-hydrogen) atoms. The standard InChI is InChI=1S/C13H18N2.2ClH/c1-2-13(12-6-4-3-5-7-12)15-10-8-14-9-11-15;;/h2-7,13-14H,1,8-11H2;2*1H/t13-;;/m1../s1. The molecule has 2 nitrogen and oxygen atoms in total. The third-order valence-electron chi connectivity index (χ3n) is 2.91. The van der Waals surface area contributed by atoms with Gasteiger partial charge in [0.15, 0.2) is 0 Å². The highest BCUT2D eigenvalue weighted by atomic mass is 35.5. The maximum Gasteiger partial charge on any atom is 0.0529 e. The summed E-state index contributed by atoms with van der Waals surface area (Å²) in [6.45, 7) is 8.32. The van der Waals surface area contributed by atoms with E-state index in [-0.39, 0.29) is 24.8 Å². The summed E-state index contributed by atoms with van der Waals surface area (Å²) in [6, 6.07) is 11.0. The number of halogens is 2. The van der Waals surface area contributed by atoms with Crippen LogP contribution in [0.4, 0.5) is 0 Å². The van der Waals surface area contributed by atoms with Crippen molar-refractivity contribution in [1.29, 1.82) is 0 Å². The summed E-state index contributed by atoms with van der Waals surface area (Å²) in [5.41, 5.74) is 1.34. The van der Waals surface area contributed by atoms with E-state index in [1.807, 2.05) is 6.08 Å². The molecule has 1 fully saturated rings. The summed E-state index contributed by atoms with van der Waals surface area (Å²) in [4.78, 5) is 2.47. The zero-order valence-corrected chi connectivity index (χ0v) is 11.5. The van der Waals surface area contributed by atoms with Gasteiger partial charge in [0.25, 0.3) is 0 Å². The van der Waals surface area contributed by atoms with E-state index in [0.29, 0.717) is 6.04 Å². The average Bonchev–Trinajstić information content (AvgIpc) is 2.33. The second-order valence-electron chi connectivity index (χ2n) is 3.88. The Morgan fingerprint density at radius 1 is 1.12 bits per heavy atom. The quantitative estimate of drug-likeness (QED) is 0.853. The van der Waals surface area contributed by atoms with Crippen LogP contribution < -0.4 is 5.32 Å². The molecule has 0 aromatic heterocycles. The van der Waals surface area contributed by atoms with Crippen molar-refractivity contribution in [3.05, 3.63) is 48.6 Å². The van der Waals surface area contributed by atoms with E-state index in [9.17, 15) is 0 Å². The molecule has 0 radical (unpaired) electrons. The molecule has 1 aromatic carbocycles. The fourth-order valence-electron chi connectivity index (χ4n) is 2.11. The molecule has 2 rings (SSSR count). The molecule has 1 aromatic rings. The predicted molar refractivity (Wildman–Crippen MR) is 78.3 cm³/mol. The Labute approximate surface area is 116 Å². The molecule has 1 atom stereocenters. The predicted octanol–water partition coefficient (Wildman–Crippen LogP) is 2.66. The van der Waals surface area contributed by atoms with Gasteiger partial charge in [0.1, 0.15) is 0 Å². The lowest BCUT2D eigenvalue weighted by atomic mass is 10.0. The van der Waals surface area contributed by atoms with E-state index in [2.05, 4.69) is 47.1 Å². The highest BCUT2D eigenvalue weighted by Crippen LogP contribution is 2.21. The van der Waals surface area contributed by atoms with Gasteiger partial charge in [-0.1, -0.05) is 36.4 Å². The van der Waals surface area contributed by atoms with Crippen LogP contribution in [0.5, 0.6) is 0 Å². The second-order valence-corrected chi connectivity index (χ2v) is 3.88. The van der Waals surface area contributed by atoms with Gasteiger partial charge in [-0.05, 0) is 5.56 Å². The van der Waals surface area contributed by atoms with Crippen LogP contribution in [0.15, 0.2) is 43.0 Å². The number of hydrogen-bond acceptors (Lipinski definition) is 2. The summed E-state index contributed by atoms with van der Waals surface area (Å²) in [7, 11) is 0. The number of hydrogen-bond donors (Lipinski definition) is 1. The zero-order chi connectivity index (χ0) is 10.5. The van der Waals surface area contributed by atoms with E-state index < -0.39 is 0 Å². The molecule has 1 saturated heterocycles. The van der Waals surface area contributed by atoms with Crippen molar-refractivity contribution < 1.29 is 0 Å². The monoisotopic (exact) mass is 274 g/mol. The molecular weight excluding hydrogens is 255 g/mol. The normalized spacial score (nSPS) is 17.4. The Hall–Kier alpha value is -0.540. The van der Waals surface area contributed by atoms with Crippen LogP contribution in [0.25, 0.3) is 0 Å². The molecule has 1 aliphatic rings. The fraction of sp³-hybridized carbons (Fsp3) is 0.385. The number of rotatable bonds is 3. The third-order valence-corrected chi connectivity index (χ3v) is 2.91. The number of piperazine rings is 1. The van der Waals surface area contributed by atoms with Crippen LogP contribution in [-0.4, -0.2) is 31.1 Å². The molecule has 96 valence electrons. The first-order valence-electron chi connectivity index (χ1n) is 5.54. The van der Waals surface area contributed by atoms with Crippen molar-refractivity contribution in [2.24, 2.45) is 0 Å². The van der Waals surface area contributed by atoms with Crippen LogP contribution in [0.2, 0.25) is 0 Å². The minimum Gasteiger partial charge on any atom is -0.314 e. The highest BCUT2D eigenvalue weighted by Gasteiger charge is 2.18. The van der Waals surface area contributed by atoms with Gasteiger partial charge in [-0.2, -0.15) is 0 Å². The minimum absolute atomic E-state index is 0. The van der Waals surface area contributed by atoms with Crippen LogP contribution in [-0.2, 0) is 0 Å². The van der Waals surface area contributed by atoms with Crippen LogP contribution >= 0.6 is 24.8 Å². The number of nitrogens with zero attached hydrogens (tertiary/aromatic N) is 1. The van der Waals surface area contributed by atoms with Crippen molar-refractivity contribution in [2.75, 3.05) is 26.2 Å². The Morgan fingerprint density at radius 2 is 1.71 bits per heavy atom. The summed E-state index contributed by atoms with van der Waals surface area (Å²) in [6.07, 6.45) is 2.04. The van der Waals surface area contributed by atoms with Gasteiger partial charge in [-0.15, -0.1) is 31.4 Å². The van der Waals surface area contributed by atoms with Crippen molar-refractivity contribution in [3.63, 3.8) is 0 Å². The van der Waals surface area contributed by atoms with Gasteiger partial charge < -0.3 is 5.32 Å². The van der Waals surface area contributed by atoms with Gasteiger partial charge in [-0.25, -0.2) is 0 Å². The van der Waals surface area contributed by atoms with Crippen LogP contribution in [0, 0.1) is 0 Å². The van der Waals surface area contributed by atoms with Gasteiger partial charge >= 0.3 is 0 Å². The van der Waals surface area contributed by atoms with Crippen molar-refractivity contribution >= 4 is 24.8 Å². The zero-order valence-electron chi connectivity index (χ0n) is 9.84. The highest BCUT2D eigenvalue weighted by molar-refractivity contribution is 5.85. The van der Waals surface area contributed by atoms with Crippen molar-refractivity contribution in [2.45, 2.75) is 6.04 Å². The lowest BCUT2D eigenvalue weighted by Gasteiger charge is -2.33. The smallest absolute Gasteiger partial charge is 0.0529 e. The van der Waals surface area contributed by atoms with E-state index in [1.165, 1.54) is 5.56 Å². The van der Waals surface area contributed by atoms with Crippen molar-refractivity contribution in [1.82, 2.24) is 10.2 Å². The summed E-state index contributed by atoms with van der Waals surface area (Å²) in [5.74, 6) is 0. The fourth-order valence-corrected chi connectivity index (χ4v) is 2.11. The Bertz CT molecular complexity index is 310. The molecule has 0 spiro atoms. The molecule has 1 heterocycles. The molecule has 0 unspecified atom stereocenters. The molecule has 1 aliphatic heterocycles. The maximum absolute atomic E-state index is 3.95. The van der Waals surface area contributed by atoms with Gasteiger partial charge in [0, 0.05) is 26.2 Å². The van der Waals surface area contributed by atoms with E-state index in [4.69, 9.17) is 0 Å². The molecule has 0 aliphatic carbocycles. The number of benzene rings is 1. The number of nitrogens with one attached hydrogen (secondary N) is 1. The third kappa shape index (κ3) is 4.32. The molecule has 0 saturated carbocycles. The van der Waals surface area contributed by atoms with E-state index >= 15 is 0 Å². The average molecular weight is 275 g/mol. The molecule has 0 bridgehead atoms. The molecular formula is C13H20Cl2N2. The van der Waals surface area contributed by atoms with Crippen LogP contribution in [0.3, 0.4) is 0 Å². The largest absolute Gasteiger partial charge is 0.314 e. The van der Waals surface area contributed by atoms with E-state index in [1.54, 1.807) is 0 Å². The topological polar surface area (TPSA) is 15.3 Å². The molecule has 0 amide bonds. The SMILES string of the molecule is C=C[C@H](c1ccccc1)N1CCNCC1.Cl.Cl. The van der Waals surface area contributed by atoms with Gasteiger partial charge in [0.2, 0.25) is 0 Å². The first-order valence-corrected chi connectivity index (χ1v) is 5.54. The first kappa shape index (κ1) is 16.5. The first-order chi connectivity index (χ1) is 7.42. The summed E-state index contributed by atoms with van der Waals surface area (Å²) in [5, 5.41) is 3.37. The minimum atomic E-state index is 0. The Balaban J connectivity index is 0.00000128.